The molecule has 0 bridgehead atoms. The number of esters is 1. The van der Waals surface area contributed by atoms with Crippen LogP contribution in [-0.2, 0) is 16.0 Å². The quantitative estimate of drug-likeness (QED) is 0.380. The van der Waals surface area contributed by atoms with Gasteiger partial charge in [-0.25, -0.2) is 14.6 Å². The third-order valence-electron chi connectivity index (χ3n) is 3.84. The molecule has 2 N–H and O–H groups in total. The van der Waals surface area contributed by atoms with E-state index >= 15 is 0 Å². The Labute approximate surface area is 178 Å². The molecule has 0 aliphatic carbocycles. The Kier molecular flexibility index (Phi) is 7.35. The minimum Gasteiger partial charge on any atom is -0.494 e. The number of ether oxygens (including phenoxy) is 3. The van der Waals surface area contributed by atoms with E-state index in [0.29, 0.717) is 11.4 Å². The first kappa shape index (κ1) is 23.4. The Morgan fingerprint density at radius 2 is 1.90 bits per heavy atom. The lowest BCUT2D eigenvalue weighted by Crippen LogP contribution is -2.27. The minimum absolute atomic E-state index is 0.00385. The molecule has 1 heterocycles. The fraction of sp³-hybridized carbons (Fsp3) is 0.350. The molecular weight excluding hydrogens is 408 g/mol. The van der Waals surface area contributed by atoms with Crippen molar-refractivity contribution in [2.45, 2.75) is 32.9 Å². The zero-order valence-corrected chi connectivity index (χ0v) is 17.8. The number of carbonyl (C=O) groups excluding carboxylic acids is 2. The molecule has 1 amide bonds. The lowest BCUT2D eigenvalue weighted by molar-refractivity contribution is -0.384. The van der Waals surface area contributed by atoms with Gasteiger partial charge in [0, 0.05) is 18.8 Å². The number of nitrogens with one attached hydrogen (secondary N) is 2. The number of nitro groups is 1. The summed E-state index contributed by atoms with van der Waals surface area (Å²) >= 11 is 0. The highest BCUT2D eigenvalue weighted by Crippen LogP contribution is 2.36. The normalized spacial score (nSPS) is 10.7. The van der Waals surface area contributed by atoms with Crippen LogP contribution in [0.4, 0.5) is 22.0 Å². The molecule has 166 valence electrons. The second-order valence-electron chi connectivity index (χ2n) is 7.35. The molecule has 0 radical (unpaired) electrons. The standard InChI is InChI=1S/C20H24N4O7/c1-20(2,3)31-19(26)23-16-7-6-12(10-21-16)11-22-17-14(24(27)28)8-13(18(25)30-5)9-15(17)29-4/h6-10,22H,11H2,1-5H3,(H,21,23,26). The maximum Gasteiger partial charge on any atom is 0.413 e. The van der Waals surface area contributed by atoms with Gasteiger partial charge in [0.25, 0.3) is 5.69 Å². The molecule has 0 spiro atoms. The topological polar surface area (TPSA) is 142 Å². The minimum atomic E-state index is -0.717. The van der Waals surface area contributed by atoms with Crippen LogP contribution < -0.4 is 15.4 Å². The Hall–Kier alpha value is -3.89. The van der Waals surface area contributed by atoms with Crippen molar-refractivity contribution in [1.29, 1.82) is 0 Å². The van der Waals surface area contributed by atoms with Crippen molar-refractivity contribution >= 4 is 29.3 Å². The zero-order chi connectivity index (χ0) is 23.2. The van der Waals surface area contributed by atoms with Gasteiger partial charge in [-0.15, -0.1) is 0 Å². The Morgan fingerprint density at radius 3 is 2.42 bits per heavy atom. The molecule has 0 atom stereocenters. The number of hydrogen-bond donors (Lipinski definition) is 2. The first-order valence-corrected chi connectivity index (χ1v) is 9.17. The fourth-order valence-electron chi connectivity index (χ4n) is 2.52. The number of hydrogen-bond acceptors (Lipinski definition) is 9. The van der Waals surface area contributed by atoms with Gasteiger partial charge in [-0.1, -0.05) is 6.07 Å². The highest BCUT2D eigenvalue weighted by Gasteiger charge is 2.23. The van der Waals surface area contributed by atoms with E-state index in [1.807, 2.05) is 0 Å². The number of benzene rings is 1. The summed E-state index contributed by atoms with van der Waals surface area (Å²) in [5.74, 6) is -0.306. The van der Waals surface area contributed by atoms with E-state index in [1.165, 1.54) is 26.5 Å². The van der Waals surface area contributed by atoms with Crippen molar-refractivity contribution in [2.75, 3.05) is 24.9 Å². The van der Waals surface area contributed by atoms with Crippen molar-refractivity contribution < 1.29 is 28.7 Å². The van der Waals surface area contributed by atoms with Gasteiger partial charge >= 0.3 is 12.1 Å². The molecule has 11 heteroatoms. The fourth-order valence-corrected chi connectivity index (χ4v) is 2.52. The van der Waals surface area contributed by atoms with E-state index in [4.69, 9.17) is 9.47 Å². The van der Waals surface area contributed by atoms with Crippen LogP contribution in [0.5, 0.6) is 5.75 Å². The van der Waals surface area contributed by atoms with Crippen LogP contribution in [0.3, 0.4) is 0 Å². The number of methoxy groups -OCH3 is 2. The van der Waals surface area contributed by atoms with E-state index in [9.17, 15) is 19.7 Å². The second-order valence-corrected chi connectivity index (χ2v) is 7.35. The molecule has 2 aromatic rings. The molecule has 2 rings (SSSR count). The number of nitro benzene ring substituents is 1. The van der Waals surface area contributed by atoms with Gasteiger partial charge in [0.2, 0.25) is 0 Å². The number of rotatable bonds is 7. The van der Waals surface area contributed by atoms with Gasteiger partial charge in [0.1, 0.15) is 17.2 Å². The SMILES string of the molecule is COC(=O)c1cc(OC)c(NCc2ccc(NC(=O)OC(C)(C)C)nc2)c([N+](=O)[O-])c1. The summed E-state index contributed by atoms with van der Waals surface area (Å²) in [7, 11) is 2.52. The van der Waals surface area contributed by atoms with Crippen LogP contribution in [0, 0.1) is 10.1 Å². The summed E-state index contributed by atoms with van der Waals surface area (Å²) in [5, 5.41) is 17.0. The van der Waals surface area contributed by atoms with Crippen LogP contribution in [0.2, 0.25) is 0 Å². The highest BCUT2D eigenvalue weighted by molar-refractivity contribution is 5.93. The number of pyridine rings is 1. The molecule has 0 aliphatic rings. The summed E-state index contributed by atoms with van der Waals surface area (Å²) in [6, 6.07) is 5.73. The van der Waals surface area contributed by atoms with Gasteiger partial charge in [-0.05, 0) is 38.5 Å². The average Bonchev–Trinajstić information content (AvgIpc) is 2.70. The predicted octanol–water partition coefficient (Wildman–Crippen LogP) is 3.74. The molecule has 0 unspecified atom stereocenters. The van der Waals surface area contributed by atoms with Gasteiger partial charge in [0.15, 0.2) is 5.69 Å². The summed E-state index contributed by atoms with van der Waals surface area (Å²) in [4.78, 5) is 38.6. The predicted molar refractivity (Wildman–Crippen MR) is 112 cm³/mol. The molecule has 1 aromatic heterocycles. The first-order chi connectivity index (χ1) is 14.5. The smallest absolute Gasteiger partial charge is 0.413 e. The molecule has 0 fully saturated rings. The summed E-state index contributed by atoms with van der Waals surface area (Å²) in [6.45, 7) is 5.42. The Balaban J connectivity index is 2.16. The summed E-state index contributed by atoms with van der Waals surface area (Å²) in [6.07, 6.45) is 0.873. The lowest BCUT2D eigenvalue weighted by atomic mass is 10.1. The lowest BCUT2D eigenvalue weighted by Gasteiger charge is -2.19. The van der Waals surface area contributed by atoms with Gasteiger partial charge in [-0.3, -0.25) is 15.4 Å². The maximum atomic E-state index is 11.8. The van der Waals surface area contributed by atoms with E-state index in [-0.39, 0.29) is 29.2 Å². The summed E-state index contributed by atoms with van der Waals surface area (Å²) in [5.41, 5.74) is -0.184. The monoisotopic (exact) mass is 432 g/mol. The maximum absolute atomic E-state index is 11.8. The molecule has 0 aliphatic heterocycles. The van der Waals surface area contributed by atoms with Crippen molar-refractivity contribution in [2.24, 2.45) is 0 Å². The molecule has 31 heavy (non-hydrogen) atoms. The van der Waals surface area contributed by atoms with Crippen molar-refractivity contribution in [3.8, 4) is 5.75 Å². The number of anilines is 2. The van der Waals surface area contributed by atoms with Gasteiger partial charge in [-0.2, -0.15) is 0 Å². The molecular formula is C20H24N4O7. The van der Waals surface area contributed by atoms with E-state index in [2.05, 4.69) is 20.4 Å². The van der Waals surface area contributed by atoms with Gasteiger partial charge < -0.3 is 19.5 Å². The van der Waals surface area contributed by atoms with Crippen LogP contribution in [0.15, 0.2) is 30.5 Å². The van der Waals surface area contributed by atoms with Crippen molar-refractivity contribution in [3.05, 3.63) is 51.7 Å². The largest absolute Gasteiger partial charge is 0.494 e. The third-order valence-corrected chi connectivity index (χ3v) is 3.84. The number of amides is 1. The third kappa shape index (κ3) is 6.56. The zero-order valence-electron chi connectivity index (χ0n) is 17.8. The number of nitrogens with zero attached hydrogens (tertiary/aromatic N) is 2. The first-order valence-electron chi connectivity index (χ1n) is 9.17. The van der Waals surface area contributed by atoms with E-state index < -0.39 is 22.6 Å². The van der Waals surface area contributed by atoms with Crippen LogP contribution in [0.25, 0.3) is 0 Å². The highest BCUT2D eigenvalue weighted by atomic mass is 16.6. The van der Waals surface area contributed by atoms with Crippen molar-refractivity contribution in [1.82, 2.24) is 4.98 Å². The average molecular weight is 432 g/mol. The van der Waals surface area contributed by atoms with Crippen LogP contribution in [-0.4, -0.2) is 41.8 Å². The van der Waals surface area contributed by atoms with Crippen molar-refractivity contribution in [3.63, 3.8) is 0 Å². The second kappa shape index (κ2) is 9.74. The molecule has 0 saturated carbocycles. The van der Waals surface area contributed by atoms with Crippen LogP contribution >= 0.6 is 0 Å². The Bertz CT molecular complexity index is 969. The number of carbonyl (C=O) groups is 2. The molecule has 11 nitrogen and oxygen atoms in total. The van der Waals surface area contributed by atoms with E-state index in [0.717, 1.165) is 6.07 Å². The molecule has 1 aromatic carbocycles. The van der Waals surface area contributed by atoms with Crippen LogP contribution in [0.1, 0.15) is 36.7 Å². The van der Waals surface area contributed by atoms with Gasteiger partial charge in [0.05, 0.1) is 24.7 Å². The molecule has 0 saturated heterocycles. The summed E-state index contributed by atoms with van der Waals surface area (Å²) < 4.78 is 15.0. The Morgan fingerprint density at radius 1 is 1.19 bits per heavy atom. The number of aromatic nitrogens is 1. The van der Waals surface area contributed by atoms with E-state index in [1.54, 1.807) is 32.9 Å².